The van der Waals surface area contributed by atoms with E-state index in [9.17, 15) is 14.4 Å². The lowest BCUT2D eigenvalue weighted by Crippen LogP contribution is -2.39. The number of likely N-dealkylation sites (N-methyl/N-ethyl adjacent to an activating group) is 1. The van der Waals surface area contributed by atoms with Gasteiger partial charge in [-0.25, -0.2) is 4.98 Å². The molecule has 0 bridgehead atoms. The number of hydrogen-bond donors (Lipinski definition) is 0. The third kappa shape index (κ3) is 4.41. The highest BCUT2D eigenvalue weighted by Crippen LogP contribution is 2.34. The van der Waals surface area contributed by atoms with E-state index in [0.29, 0.717) is 65.3 Å². The quantitative estimate of drug-likeness (QED) is 0.362. The molecule has 4 rings (SSSR count). The van der Waals surface area contributed by atoms with Gasteiger partial charge in [0.25, 0.3) is 11.5 Å². The monoisotopic (exact) mass is 486 g/mol. The Kier molecular flexibility index (Phi) is 6.85. The molecule has 2 aliphatic heterocycles. The van der Waals surface area contributed by atoms with Crippen LogP contribution >= 0.6 is 24.0 Å². The number of amides is 1. The van der Waals surface area contributed by atoms with Gasteiger partial charge >= 0.3 is 5.97 Å². The lowest BCUT2D eigenvalue weighted by molar-refractivity contribution is -0.148. The maximum atomic E-state index is 13.5. The van der Waals surface area contributed by atoms with Crippen LogP contribution in [-0.4, -0.2) is 56.7 Å². The molecule has 33 heavy (non-hydrogen) atoms. The van der Waals surface area contributed by atoms with E-state index in [4.69, 9.17) is 21.9 Å². The highest BCUT2D eigenvalue weighted by atomic mass is 32.2. The SMILES string of the molecule is CCOC(=O)C1CCN(c2nc3c(C)cccn3c(=O)c2C=C2SC(=S)N(CC)C2=O)CC1. The topological polar surface area (TPSA) is 84.2 Å². The minimum Gasteiger partial charge on any atom is -0.466 e. The molecule has 2 aliphatic rings. The Balaban J connectivity index is 1.78. The van der Waals surface area contributed by atoms with Gasteiger partial charge < -0.3 is 9.64 Å². The molecule has 0 radical (unpaired) electrons. The Morgan fingerprint density at radius 2 is 2.03 bits per heavy atom. The molecule has 10 heteroatoms. The summed E-state index contributed by atoms with van der Waals surface area (Å²) in [5.41, 5.74) is 1.56. The van der Waals surface area contributed by atoms with E-state index in [-0.39, 0.29) is 23.4 Å². The van der Waals surface area contributed by atoms with Gasteiger partial charge in [-0.1, -0.05) is 30.0 Å². The lowest BCUT2D eigenvalue weighted by atomic mass is 9.96. The van der Waals surface area contributed by atoms with E-state index in [1.807, 2.05) is 24.8 Å². The summed E-state index contributed by atoms with van der Waals surface area (Å²) in [6.07, 6.45) is 4.53. The van der Waals surface area contributed by atoms with Gasteiger partial charge in [0.2, 0.25) is 0 Å². The Morgan fingerprint density at radius 3 is 2.67 bits per heavy atom. The number of hydrogen-bond acceptors (Lipinski definition) is 8. The van der Waals surface area contributed by atoms with Crippen molar-refractivity contribution < 1.29 is 14.3 Å². The Morgan fingerprint density at radius 1 is 1.30 bits per heavy atom. The number of carbonyl (C=O) groups excluding carboxylic acids is 2. The maximum absolute atomic E-state index is 13.5. The van der Waals surface area contributed by atoms with Crippen LogP contribution in [-0.2, 0) is 14.3 Å². The van der Waals surface area contributed by atoms with Crippen LogP contribution in [0.15, 0.2) is 28.0 Å². The first-order valence-electron chi connectivity index (χ1n) is 11.0. The molecule has 2 aromatic rings. The van der Waals surface area contributed by atoms with E-state index in [2.05, 4.69) is 0 Å². The lowest BCUT2D eigenvalue weighted by Gasteiger charge is -2.32. The van der Waals surface area contributed by atoms with Crippen LogP contribution in [0.3, 0.4) is 0 Å². The summed E-state index contributed by atoms with van der Waals surface area (Å²) in [4.78, 5) is 47.3. The second-order valence-electron chi connectivity index (χ2n) is 7.98. The molecule has 0 atom stereocenters. The van der Waals surface area contributed by atoms with Crippen molar-refractivity contribution in [3.05, 3.63) is 44.7 Å². The summed E-state index contributed by atoms with van der Waals surface area (Å²) < 4.78 is 7.17. The van der Waals surface area contributed by atoms with Gasteiger partial charge in [0, 0.05) is 25.8 Å². The number of fused-ring (bicyclic) bond motifs is 1. The zero-order valence-electron chi connectivity index (χ0n) is 18.9. The molecule has 0 unspecified atom stereocenters. The molecule has 0 N–H and O–H groups in total. The number of rotatable bonds is 5. The van der Waals surface area contributed by atoms with Gasteiger partial charge in [0.05, 0.1) is 23.0 Å². The summed E-state index contributed by atoms with van der Waals surface area (Å²) in [6.45, 7) is 7.54. The maximum Gasteiger partial charge on any atom is 0.309 e. The van der Waals surface area contributed by atoms with Gasteiger partial charge in [-0.3, -0.25) is 23.7 Å². The van der Waals surface area contributed by atoms with Crippen LogP contribution in [0.4, 0.5) is 5.82 Å². The fourth-order valence-corrected chi connectivity index (χ4v) is 5.52. The molecule has 0 aliphatic carbocycles. The van der Waals surface area contributed by atoms with E-state index >= 15 is 0 Å². The van der Waals surface area contributed by atoms with Gasteiger partial charge in [-0.2, -0.15) is 0 Å². The highest BCUT2D eigenvalue weighted by Gasteiger charge is 2.33. The molecule has 0 saturated carbocycles. The molecule has 0 spiro atoms. The van der Waals surface area contributed by atoms with Gasteiger partial charge in [-0.15, -0.1) is 0 Å². The van der Waals surface area contributed by atoms with Gasteiger partial charge in [0.15, 0.2) is 0 Å². The summed E-state index contributed by atoms with van der Waals surface area (Å²) in [5, 5.41) is 0. The van der Waals surface area contributed by atoms with E-state index in [1.54, 1.807) is 25.3 Å². The average molecular weight is 487 g/mol. The van der Waals surface area contributed by atoms with Crippen LogP contribution in [0, 0.1) is 12.8 Å². The highest BCUT2D eigenvalue weighted by molar-refractivity contribution is 8.26. The Hall–Kier alpha value is -2.72. The zero-order chi connectivity index (χ0) is 23.7. The standard InChI is InChI=1S/C23H26N4O4S2/c1-4-26-21(29)17(33-23(26)32)13-16-19(24-18-14(3)7-6-10-27(18)20(16)28)25-11-8-15(9-12-25)22(30)31-5-2/h6-7,10,13,15H,4-5,8-9,11-12H2,1-3H3. The number of nitrogens with zero attached hydrogens (tertiary/aromatic N) is 4. The van der Waals surface area contributed by atoms with Crippen molar-refractivity contribution in [2.75, 3.05) is 31.1 Å². The number of thiocarbonyl (C=S) groups is 1. The summed E-state index contributed by atoms with van der Waals surface area (Å²) in [5.74, 6) is -0.0108. The number of esters is 1. The predicted octanol–water partition coefficient (Wildman–Crippen LogP) is 3.00. The Bertz CT molecular complexity index is 1210. The molecule has 1 amide bonds. The summed E-state index contributed by atoms with van der Waals surface area (Å²) >= 11 is 6.52. The van der Waals surface area contributed by atoms with Gasteiger partial charge in [-0.05, 0) is 51.3 Å². The summed E-state index contributed by atoms with van der Waals surface area (Å²) in [7, 11) is 0. The number of piperidine rings is 1. The average Bonchev–Trinajstić information content (AvgIpc) is 3.08. The molecular weight excluding hydrogens is 460 g/mol. The molecule has 4 heterocycles. The number of aryl methyl sites for hydroxylation is 1. The molecule has 2 saturated heterocycles. The smallest absolute Gasteiger partial charge is 0.309 e. The minimum absolute atomic E-state index is 0.159. The largest absolute Gasteiger partial charge is 0.466 e. The third-order valence-electron chi connectivity index (χ3n) is 5.94. The van der Waals surface area contributed by atoms with E-state index < -0.39 is 0 Å². The zero-order valence-corrected chi connectivity index (χ0v) is 20.5. The number of pyridine rings is 1. The van der Waals surface area contributed by atoms with Crippen molar-refractivity contribution in [1.29, 1.82) is 0 Å². The van der Waals surface area contributed by atoms with Crippen molar-refractivity contribution in [3.63, 3.8) is 0 Å². The number of thioether (sulfide) groups is 1. The van der Waals surface area contributed by atoms with Crippen molar-refractivity contribution in [1.82, 2.24) is 14.3 Å². The number of aromatic nitrogens is 2. The number of carbonyl (C=O) groups is 2. The summed E-state index contributed by atoms with van der Waals surface area (Å²) in [6, 6.07) is 3.71. The normalized spacial score (nSPS) is 18.6. The van der Waals surface area contributed by atoms with Crippen LogP contribution < -0.4 is 10.5 Å². The second-order valence-corrected chi connectivity index (χ2v) is 9.65. The van der Waals surface area contributed by atoms with Crippen molar-refractivity contribution >= 4 is 57.7 Å². The minimum atomic E-state index is -0.243. The van der Waals surface area contributed by atoms with Crippen molar-refractivity contribution in [3.8, 4) is 0 Å². The van der Waals surface area contributed by atoms with E-state index in [0.717, 1.165) is 5.56 Å². The first-order chi connectivity index (χ1) is 15.8. The second kappa shape index (κ2) is 9.64. The molecule has 174 valence electrons. The molecular formula is C23H26N4O4S2. The number of anilines is 1. The predicted molar refractivity (Wildman–Crippen MR) is 133 cm³/mol. The van der Waals surface area contributed by atoms with Crippen LogP contribution in [0.2, 0.25) is 0 Å². The Labute approximate surface area is 201 Å². The first kappa shape index (κ1) is 23.4. The fourth-order valence-electron chi connectivity index (χ4n) is 4.16. The molecule has 2 aromatic heterocycles. The van der Waals surface area contributed by atoms with Crippen molar-refractivity contribution in [2.45, 2.75) is 33.6 Å². The molecule has 0 aromatic carbocycles. The third-order valence-corrected chi connectivity index (χ3v) is 7.32. The van der Waals surface area contributed by atoms with Crippen LogP contribution in [0.25, 0.3) is 11.7 Å². The van der Waals surface area contributed by atoms with Crippen molar-refractivity contribution in [2.24, 2.45) is 5.92 Å². The van der Waals surface area contributed by atoms with Crippen LogP contribution in [0.1, 0.15) is 37.8 Å². The first-order valence-corrected chi connectivity index (χ1v) is 12.3. The molecule has 2 fully saturated rings. The van der Waals surface area contributed by atoms with E-state index in [1.165, 1.54) is 21.1 Å². The van der Waals surface area contributed by atoms with Gasteiger partial charge in [0.1, 0.15) is 15.8 Å². The number of ether oxygens (including phenoxy) is 1. The fraction of sp³-hybridized carbons (Fsp3) is 0.435. The van der Waals surface area contributed by atoms with Crippen LogP contribution in [0.5, 0.6) is 0 Å². The molecule has 8 nitrogen and oxygen atoms in total.